The van der Waals surface area contributed by atoms with Crippen LogP contribution in [0.3, 0.4) is 0 Å². The number of nitrogens with one attached hydrogen (secondary N) is 10. The van der Waals surface area contributed by atoms with E-state index in [1.807, 2.05) is 0 Å². The second kappa shape index (κ2) is 52.3. The van der Waals surface area contributed by atoms with E-state index in [-0.39, 0.29) is 128 Å². The molecule has 36 heteroatoms. The van der Waals surface area contributed by atoms with Crippen LogP contribution in [0.1, 0.15) is 166 Å². The Balaban J connectivity index is 3.75. The van der Waals surface area contributed by atoms with Crippen LogP contribution in [0.25, 0.3) is 0 Å². The number of hydrogen-bond donors (Lipinski definition) is 23. The molecule has 0 unspecified atom stereocenters. The van der Waals surface area contributed by atoms with Gasteiger partial charge in [0.2, 0.25) is 53.2 Å². The van der Waals surface area contributed by atoms with Gasteiger partial charge in [-0.05, 0) is 206 Å². The summed E-state index contributed by atoms with van der Waals surface area (Å²) in [6, 6.07) is -12.8. The van der Waals surface area contributed by atoms with Gasteiger partial charge < -0.3 is 127 Å². The number of unbranched alkanes of at least 4 members (excludes halogenated alkanes) is 7. The van der Waals surface area contributed by atoms with Crippen molar-refractivity contribution in [2.75, 3.05) is 58.9 Å². The zero-order valence-electron chi connectivity index (χ0n) is 56.0. The van der Waals surface area contributed by atoms with Crippen molar-refractivity contribution in [1.82, 2.24) is 57.8 Å². The highest BCUT2D eigenvalue weighted by Crippen LogP contribution is 2.14. The molecule has 0 saturated carbocycles. The highest BCUT2D eigenvalue weighted by atomic mass is 16.4. The molecule has 1 aromatic heterocycles. The molecule has 0 radical (unpaired) electrons. The van der Waals surface area contributed by atoms with Crippen LogP contribution in [0.4, 0.5) is 0 Å². The maximum atomic E-state index is 14.7. The summed E-state index contributed by atoms with van der Waals surface area (Å²) in [5.41, 5.74) is 69.2. The molecule has 36 nitrogen and oxygen atoms in total. The minimum atomic E-state index is -1.39. The average Bonchev–Trinajstić information content (AvgIpc) is 1.07. The van der Waals surface area contributed by atoms with Gasteiger partial charge in [0.05, 0.1) is 12.4 Å². The Kier molecular flexibility index (Phi) is 47.0. The Morgan fingerprint density at radius 2 is 0.594 bits per heavy atom. The lowest BCUT2D eigenvalue weighted by molar-refractivity contribution is -0.142. The average molecular weight is 1360 g/mol. The molecule has 0 aromatic carbocycles. The number of aliphatic carboxylic acids is 1. The van der Waals surface area contributed by atoms with Crippen molar-refractivity contribution in [1.29, 1.82) is 0 Å². The van der Waals surface area contributed by atoms with Crippen molar-refractivity contribution in [2.24, 2.45) is 78.8 Å². The first-order valence-corrected chi connectivity index (χ1v) is 33.7. The van der Waals surface area contributed by atoms with E-state index in [1.165, 1.54) is 12.5 Å². The van der Waals surface area contributed by atoms with Gasteiger partial charge in [0.15, 0.2) is 11.9 Å². The largest absolute Gasteiger partial charge is 0.480 e. The SMILES string of the molecule is NCCCC[C@H](NC(=O)[C@H](CCCCN)NC(=O)[C@H](CCCCN)NC(=O)[C@H](CCCN=C(N)N)NC(=O)[C@H](CCCCN)NC(=O)[C@H](CCCCN)NC(=O)[C@H](CCCCN)NC(=O)[C@H](Cc1cnc[nH]1)NC(=O)[C@H](CCCCN)NC(=O)[C@@H](N)CCCN=C(N)N)C(=O)O. The molecule has 9 amide bonds. The van der Waals surface area contributed by atoms with Crippen molar-refractivity contribution in [3.05, 3.63) is 18.2 Å². The Morgan fingerprint density at radius 3 is 0.854 bits per heavy atom. The second-order valence-corrected chi connectivity index (χ2v) is 23.7. The zero-order valence-corrected chi connectivity index (χ0v) is 56.0. The summed E-state index contributed by atoms with van der Waals surface area (Å²) in [5.74, 6) is -8.58. The highest BCUT2D eigenvalue weighted by molar-refractivity contribution is 5.98. The summed E-state index contributed by atoms with van der Waals surface area (Å²) >= 11 is 0. The molecule has 1 aromatic rings. The predicted octanol–water partition coefficient (Wildman–Crippen LogP) is -6.26. The molecule has 0 bridgehead atoms. The number of aromatic nitrogens is 2. The summed E-state index contributed by atoms with van der Waals surface area (Å²) in [7, 11) is 0. The van der Waals surface area contributed by atoms with E-state index in [9.17, 15) is 53.1 Å². The standard InChI is InChI=1S/C60H117N25O11/c61-26-8-1-18-40(77-49(86)39(68)17-15-33-74-59(69)70)56(93)85-48(35-38-36-73-37-76-38)57(94)83-44(22-5-12-30-65)53(90)79-41(19-2-9-27-62)50(87)78-43(21-4-11-29-64)52(89)82-46(25-16-34-75-60(71)72)54(91)80-42(20-3-10-28-63)51(88)81-45(23-6-13-31-66)55(92)84-47(58(95)96)24-7-14-32-67/h36-37,39-48H,1-35,61-68H2,(H,73,76)(H,77,86)(H,78,87)(H,79,90)(H,80,91)(H,81,88)(H,82,89)(H,83,94)(H,84,92)(H,85,93)(H,95,96)(H4,69,70,74)(H4,71,72,75)/t39-,40-,41-,42-,43-,44-,45-,46-,47-,48-/m0/s1. The molecule has 0 aliphatic carbocycles. The van der Waals surface area contributed by atoms with Crippen molar-refractivity contribution < 1.29 is 53.1 Å². The molecule has 1 heterocycles. The van der Waals surface area contributed by atoms with Crippen molar-refractivity contribution >= 4 is 71.1 Å². The topological polar surface area (TPSA) is 665 Å². The summed E-state index contributed by atoms with van der Waals surface area (Å²) in [5, 5.41) is 34.4. The first-order valence-electron chi connectivity index (χ1n) is 33.7. The lowest BCUT2D eigenvalue weighted by atomic mass is 10.0. The fraction of sp³-hybridized carbons (Fsp3) is 0.750. The minimum absolute atomic E-state index is 0.000329. The van der Waals surface area contributed by atoms with Gasteiger partial charge in [-0.2, -0.15) is 0 Å². The number of aliphatic imine (C=N–C) groups is 2. The third-order valence-corrected chi connectivity index (χ3v) is 15.5. The Hall–Kier alpha value is -7.87. The summed E-state index contributed by atoms with van der Waals surface area (Å²) in [6.45, 7) is 2.09. The number of carbonyl (C=O) groups is 10. The quantitative estimate of drug-likeness (QED) is 0.0164. The van der Waals surface area contributed by atoms with Crippen LogP contribution in [-0.4, -0.2) is 205 Å². The minimum Gasteiger partial charge on any atom is -0.480 e. The molecule has 0 aliphatic rings. The summed E-state index contributed by atoms with van der Waals surface area (Å²) < 4.78 is 0. The number of nitrogens with zero attached hydrogens (tertiary/aromatic N) is 3. The highest BCUT2D eigenvalue weighted by Gasteiger charge is 2.36. The molecule has 0 fully saturated rings. The van der Waals surface area contributed by atoms with Gasteiger partial charge in [0.1, 0.15) is 54.4 Å². The smallest absolute Gasteiger partial charge is 0.326 e. The molecule has 0 aliphatic heterocycles. The van der Waals surface area contributed by atoms with Crippen LogP contribution < -0.4 is 117 Å². The van der Waals surface area contributed by atoms with Gasteiger partial charge in [-0.3, -0.25) is 53.1 Å². The first kappa shape index (κ1) is 86.1. The normalized spacial score (nSPS) is 14.2. The fourth-order valence-electron chi connectivity index (χ4n) is 10.0. The van der Waals surface area contributed by atoms with E-state index < -0.39 is 120 Å². The molecule has 548 valence electrons. The summed E-state index contributed by atoms with van der Waals surface area (Å²) in [6.07, 6.45) is 9.42. The fourth-order valence-corrected chi connectivity index (χ4v) is 10.0. The van der Waals surface area contributed by atoms with Gasteiger partial charge in [-0.1, -0.05) is 0 Å². The molecule has 35 N–H and O–H groups in total. The van der Waals surface area contributed by atoms with Gasteiger partial charge >= 0.3 is 5.97 Å². The van der Waals surface area contributed by atoms with Crippen molar-refractivity contribution in [3.63, 3.8) is 0 Å². The van der Waals surface area contributed by atoms with E-state index >= 15 is 0 Å². The summed E-state index contributed by atoms with van der Waals surface area (Å²) in [4.78, 5) is 156. The molecule has 1 rings (SSSR count). The number of aromatic amines is 1. The lowest BCUT2D eigenvalue weighted by Gasteiger charge is -2.28. The Morgan fingerprint density at radius 1 is 0.354 bits per heavy atom. The molecule has 10 atom stereocenters. The van der Waals surface area contributed by atoms with E-state index in [0.29, 0.717) is 115 Å². The monoisotopic (exact) mass is 1360 g/mol. The van der Waals surface area contributed by atoms with Crippen LogP contribution in [0, 0.1) is 0 Å². The maximum absolute atomic E-state index is 14.7. The van der Waals surface area contributed by atoms with Crippen molar-refractivity contribution in [3.8, 4) is 0 Å². The Labute approximate surface area is 563 Å². The van der Waals surface area contributed by atoms with Gasteiger partial charge in [-0.15, -0.1) is 0 Å². The molecule has 0 spiro atoms. The van der Waals surface area contributed by atoms with Crippen LogP contribution in [-0.2, 0) is 54.4 Å². The number of nitrogens with two attached hydrogens (primary N) is 12. The van der Waals surface area contributed by atoms with Gasteiger partial charge in [-0.25, -0.2) is 9.78 Å². The number of guanidine groups is 2. The lowest BCUT2D eigenvalue weighted by Crippen LogP contribution is -2.60. The van der Waals surface area contributed by atoms with E-state index in [4.69, 9.17) is 68.8 Å². The maximum Gasteiger partial charge on any atom is 0.326 e. The van der Waals surface area contributed by atoms with E-state index in [2.05, 4.69) is 67.8 Å². The number of carbonyl (C=O) groups excluding carboxylic acids is 9. The van der Waals surface area contributed by atoms with Crippen LogP contribution >= 0.6 is 0 Å². The zero-order chi connectivity index (χ0) is 71.6. The number of rotatable bonds is 57. The number of carboxylic acids is 1. The predicted molar refractivity (Wildman–Crippen MR) is 365 cm³/mol. The van der Waals surface area contributed by atoms with Gasteiger partial charge in [0, 0.05) is 31.4 Å². The molecule has 0 saturated heterocycles. The van der Waals surface area contributed by atoms with E-state index in [0.717, 1.165) is 0 Å². The molecule has 96 heavy (non-hydrogen) atoms. The van der Waals surface area contributed by atoms with Crippen LogP contribution in [0.2, 0.25) is 0 Å². The number of imidazole rings is 1. The van der Waals surface area contributed by atoms with Crippen LogP contribution in [0.15, 0.2) is 22.5 Å². The number of H-pyrrole nitrogens is 1. The second-order valence-electron chi connectivity index (χ2n) is 23.7. The molecular formula is C60H117N25O11. The Bertz CT molecular complexity index is 2490. The third kappa shape index (κ3) is 38.0. The van der Waals surface area contributed by atoms with Crippen LogP contribution in [0.5, 0.6) is 0 Å². The number of hydrogen-bond acceptors (Lipinski definition) is 21. The van der Waals surface area contributed by atoms with E-state index in [1.54, 1.807) is 0 Å². The number of carboxylic acid groups (broad SMARTS) is 1. The van der Waals surface area contributed by atoms with Crippen molar-refractivity contribution in [2.45, 2.75) is 227 Å². The number of amides is 9. The molecular weight excluding hydrogens is 1250 g/mol. The first-order chi connectivity index (χ1) is 46.0. The third-order valence-electron chi connectivity index (χ3n) is 15.5. The van der Waals surface area contributed by atoms with Gasteiger partial charge in [0.25, 0.3) is 0 Å².